The van der Waals surface area contributed by atoms with Crippen LogP contribution >= 0.6 is 23.2 Å². The number of benzene rings is 2. The highest BCUT2D eigenvalue weighted by Crippen LogP contribution is 2.36. The van der Waals surface area contributed by atoms with Crippen molar-refractivity contribution in [1.82, 2.24) is 0 Å². The summed E-state index contributed by atoms with van der Waals surface area (Å²) >= 11 is 12.0. The Bertz CT molecular complexity index is 565. The fraction of sp³-hybridized carbons (Fsp3) is 0.143. The van der Waals surface area contributed by atoms with Gasteiger partial charge in [-0.05, 0) is 23.8 Å². The smallest absolute Gasteiger partial charge is 0.135 e. The van der Waals surface area contributed by atoms with Crippen LogP contribution in [0, 0.1) is 0 Å². The molecule has 94 valence electrons. The molecule has 2 rings (SSSR count). The van der Waals surface area contributed by atoms with Crippen LogP contribution in [0.1, 0.15) is 0 Å². The van der Waals surface area contributed by atoms with E-state index in [9.17, 15) is 5.11 Å². The zero-order valence-electron chi connectivity index (χ0n) is 10.1. The zero-order valence-corrected chi connectivity index (χ0v) is 11.6. The molecule has 0 aromatic heterocycles. The number of hydrogen-bond acceptors (Lipinski definition) is 2. The largest absolute Gasteiger partial charge is 0.506 e. The second-order valence-corrected chi connectivity index (χ2v) is 5.04. The van der Waals surface area contributed by atoms with E-state index in [4.69, 9.17) is 23.2 Å². The third-order valence-corrected chi connectivity index (χ3v) is 3.35. The predicted molar refractivity (Wildman–Crippen MR) is 77.9 cm³/mol. The first-order chi connectivity index (χ1) is 8.49. The second kappa shape index (κ2) is 5.09. The van der Waals surface area contributed by atoms with Gasteiger partial charge in [0.1, 0.15) is 5.75 Å². The van der Waals surface area contributed by atoms with E-state index in [0.717, 1.165) is 16.8 Å². The number of hydrogen-bond donors (Lipinski definition) is 1. The molecule has 4 heteroatoms. The summed E-state index contributed by atoms with van der Waals surface area (Å²) in [6.45, 7) is 0. The number of halogens is 2. The predicted octanol–water partition coefficient (Wildman–Crippen LogP) is 4.43. The molecule has 0 radical (unpaired) electrons. The zero-order chi connectivity index (χ0) is 13.3. The van der Waals surface area contributed by atoms with Crippen LogP contribution < -0.4 is 4.90 Å². The van der Waals surface area contributed by atoms with Crippen LogP contribution in [0.3, 0.4) is 0 Å². The Morgan fingerprint density at radius 2 is 1.56 bits per heavy atom. The molecule has 18 heavy (non-hydrogen) atoms. The average molecular weight is 282 g/mol. The molecule has 2 nitrogen and oxygen atoms in total. The van der Waals surface area contributed by atoms with E-state index >= 15 is 0 Å². The van der Waals surface area contributed by atoms with Crippen LogP contribution in [-0.2, 0) is 0 Å². The summed E-state index contributed by atoms with van der Waals surface area (Å²) in [5, 5.41) is 10.2. The topological polar surface area (TPSA) is 23.5 Å². The van der Waals surface area contributed by atoms with Crippen LogP contribution in [0.2, 0.25) is 10.0 Å². The van der Waals surface area contributed by atoms with E-state index in [0.29, 0.717) is 10.0 Å². The number of aromatic hydroxyl groups is 1. The minimum Gasteiger partial charge on any atom is -0.506 e. The number of rotatable bonds is 2. The highest BCUT2D eigenvalue weighted by Gasteiger charge is 2.08. The Morgan fingerprint density at radius 3 is 2.11 bits per heavy atom. The lowest BCUT2D eigenvalue weighted by Crippen LogP contribution is -2.07. The molecular weight excluding hydrogens is 269 g/mol. The van der Waals surface area contributed by atoms with E-state index in [2.05, 4.69) is 0 Å². The standard InChI is InChI=1S/C14H13Cl2NO/c1-17(2)10-5-3-9(4-6-10)11-7-13(16)14(18)8-12(11)15/h3-8,18H,1-2H3. The quantitative estimate of drug-likeness (QED) is 0.880. The lowest BCUT2D eigenvalue weighted by Gasteiger charge is -2.13. The fourth-order valence-corrected chi connectivity index (χ4v) is 2.13. The van der Waals surface area contributed by atoms with Crippen LogP contribution in [0.25, 0.3) is 11.1 Å². The first kappa shape index (κ1) is 13.1. The Morgan fingerprint density at radius 1 is 0.944 bits per heavy atom. The highest BCUT2D eigenvalue weighted by atomic mass is 35.5. The molecule has 0 unspecified atom stereocenters. The summed E-state index contributed by atoms with van der Waals surface area (Å²) < 4.78 is 0. The van der Waals surface area contributed by atoms with E-state index < -0.39 is 0 Å². The summed E-state index contributed by atoms with van der Waals surface area (Å²) in [4.78, 5) is 2.02. The maximum atomic E-state index is 9.47. The van der Waals surface area contributed by atoms with Gasteiger partial charge < -0.3 is 10.0 Å². The number of phenolic OH excluding ortho intramolecular Hbond substituents is 1. The Kier molecular flexibility index (Phi) is 3.69. The molecule has 0 heterocycles. The van der Waals surface area contributed by atoms with Crippen molar-refractivity contribution in [2.24, 2.45) is 0 Å². The van der Waals surface area contributed by atoms with Gasteiger partial charge >= 0.3 is 0 Å². The second-order valence-electron chi connectivity index (χ2n) is 4.22. The SMILES string of the molecule is CN(C)c1ccc(-c2cc(Cl)c(O)cc2Cl)cc1. The van der Waals surface area contributed by atoms with Gasteiger partial charge in [0.05, 0.1) is 10.0 Å². The summed E-state index contributed by atoms with van der Waals surface area (Å²) in [5.74, 6) is -0.00433. The van der Waals surface area contributed by atoms with Gasteiger partial charge in [0, 0.05) is 31.4 Å². The van der Waals surface area contributed by atoms with Gasteiger partial charge in [0.25, 0.3) is 0 Å². The maximum absolute atomic E-state index is 9.47. The Balaban J connectivity index is 2.46. The fourth-order valence-electron chi connectivity index (χ4n) is 1.70. The molecule has 0 spiro atoms. The normalized spacial score (nSPS) is 10.4. The first-order valence-electron chi connectivity index (χ1n) is 5.45. The maximum Gasteiger partial charge on any atom is 0.135 e. The van der Waals surface area contributed by atoms with E-state index in [1.54, 1.807) is 6.07 Å². The van der Waals surface area contributed by atoms with Gasteiger partial charge in [-0.15, -0.1) is 0 Å². The van der Waals surface area contributed by atoms with Gasteiger partial charge in [0.15, 0.2) is 0 Å². The number of anilines is 1. The van der Waals surface area contributed by atoms with Gasteiger partial charge in [0.2, 0.25) is 0 Å². The molecule has 0 aliphatic rings. The van der Waals surface area contributed by atoms with Gasteiger partial charge in [-0.1, -0.05) is 35.3 Å². The van der Waals surface area contributed by atoms with Gasteiger partial charge in [-0.25, -0.2) is 0 Å². The Labute approximate surface area is 116 Å². The lowest BCUT2D eigenvalue weighted by molar-refractivity contribution is 0.475. The molecule has 1 N–H and O–H groups in total. The van der Waals surface area contributed by atoms with Gasteiger partial charge in [-0.2, -0.15) is 0 Å². The van der Waals surface area contributed by atoms with E-state index in [1.807, 2.05) is 43.3 Å². The molecule has 0 atom stereocenters. The van der Waals surface area contributed by atoms with E-state index in [1.165, 1.54) is 6.07 Å². The van der Waals surface area contributed by atoms with Crippen molar-refractivity contribution in [3.05, 3.63) is 46.4 Å². The van der Waals surface area contributed by atoms with Crippen LogP contribution in [-0.4, -0.2) is 19.2 Å². The molecule has 2 aromatic rings. The molecular formula is C14H13Cl2NO. The third-order valence-electron chi connectivity index (χ3n) is 2.73. The average Bonchev–Trinajstić information content (AvgIpc) is 2.34. The third kappa shape index (κ3) is 2.55. The van der Waals surface area contributed by atoms with Crippen LogP contribution in [0.4, 0.5) is 5.69 Å². The van der Waals surface area contributed by atoms with Crippen molar-refractivity contribution in [1.29, 1.82) is 0 Å². The summed E-state index contributed by atoms with van der Waals surface area (Å²) in [6.07, 6.45) is 0. The van der Waals surface area contributed by atoms with Crippen LogP contribution in [0.15, 0.2) is 36.4 Å². The number of nitrogens with zero attached hydrogens (tertiary/aromatic N) is 1. The molecule has 0 amide bonds. The summed E-state index contributed by atoms with van der Waals surface area (Å²) in [6, 6.07) is 11.1. The van der Waals surface area contributed by atoms with E-state index in [-0.39, 0.29) is 5.75 Å². The monoisotopic (exact) mass is 281 g/mol. The molecule has 0 aliphatic heterocycles. The van der Waals surface area contributed by atoms with Crippen molar-refractivity contribution in [3.8, 4) is 16.9 Å². The minimum atomic E-state index is -0.00433. The first-order valence-corrected chi connectivity index (χ1v) is 6.20. The lowest BCUT2D eigenvalue weighted by atomic mass is 10.0. The van der Waals surface area contributed by atoms with Crippen molar-refractivity contribution in [2.75, 3.05) is 19.0 Å². The summed E-state index contributed by atoms with van der Waals surface area (Å²) in [7, 11) is 3.97. The molecule has 0 fully saturated rings. The Hall–Kier alpha value is -1.38. The number of phenols is 1. The molecule has 2 aromatic carbocycles. The molecule has 0 saturated carbocycles. The van der Waals surface area contributed by atoms with Crippen molar-refractivity contribution >= 4 is 28.9 Å². The van der Waals surface area contributed by atoms with Crippen molar-refractivity contribution in [2.45, 2.75) is 0 Å². The van der Waals surface area contributed by atoms with Crippen LogP contribution in [0.5, 0.6) is 5.75 Å². The molecule has 0 saturated heterocycles. The minimum absolute atomic E-state index is 0.00433. The van der Waals surface area contributed by atoms with Gasteiger partial charge in [-0.3, -0.25) is 0 Å². The molecule has 0 aliphatic carbocycles. The van der Waals surface area contributed by atoms with Crippen molar-refractivity contribution < 1.29 is 5.11 Å². The highest BCUT2D eigenvalue weighted by molar-refractivity contribution is 6.36. The summed E-state index contributed by atoms with van der Waals surface area (Å²) in [5.41, 5.74) is 2.89. The van der Waals surface area contributed by atoms with Crippen molar-refractivity contribution in [3.63, 3.8) is 0 Å². The molecule has 0 bridgehead atoms.